The zero-order valence-corrected chi connectivity index (χ0v) is 10.7. The SMILES string of the molecule is CC.Cc1ccc(OCC(O)CN)c(C)c1. The van der Waals surface area contributed by atoms with Gasteiger partial charge in [0.15, 0.2) is 0 Å². The highest BCUT2D eigenvalue weighted by Gasteiger charge is 2.04. The van der Waals surface area contributed by atoms with Gasteiger partial charge in [0.25, 0.3) is 0 Å². The Balaban J connectivity index is 0.00000106. The second-order valence-electron chi connectivity index (χ2n) is 3.47. The van der Waals surface area contributed by atoms with Crippen LogP contribution < -0.4 is 10.5 Å². The molecular formula is C13H23NO2. The molecule has 3 nitrogen and oxygen atoms in total. The first kappa shape index (κ1) is 14.9. The standard InChI is InChI=1S/C11H17NO2.C2H6/c1-8-3-4-11(9(2)5-8)14-7-10(13)6-12;1-2/h3-5,10,13H,6-7,12H2,1-2H3;1-2H3. The van der Waals surface area contributed by atoms with Crippen LogP contribution in [0.15, 0.2) is 18.2 Å². The van der Waals surface area contributed by atoms with Crippen LogP contribution >= 0.6 is 0 Å². The van der Waals surface area contributed by atoms with Crippen molar-refractivity contribution in [3.8, 4) is 5.75 Å². The predicted octanol–water partition coefficient (Wildman–Crippen LogP) is 2.03. The van der Waals surface area contributed by atoms with Crippen molar-refractivity contribution < 1.29 is 9.84 Å². The predicted molar refractivity (Wildman–Crippen MR) is 67.8 cm³/mol. The van der Waals surface area contributed by atoms with Crippen molar-refractivity contribution in [2.75, 3.05) is 13.2 Å². The van der Waals surface area contributed by atoms with Gasteiger partial charge in [-0.1, -0.05) is 31.5 Å². The van der Waals surface area contributed by atoms with Crippen LogP contribution in [0.2, 0.25) is 0 Å². The Morgan fingerprint density at radius 3 is 2.44 bits per heavy atom. The molecule has 0 heterocycles. The molecule has 0 fully saturated rings. The van der Waals surface area contributed by atoms with Crippen LogP contribution in [0, 0.1) is 13.8 Å². The zero-order valence-electron chi connectivity index (χ0n) is 10.7. The maximum absolute atomic E-state index is 9.21. The molecule has 0 bridgehead atoms. The minimum Gasteiger partial charge on any atom is -0.491 e. The summed E-state index contributed by atoms with van der Waals surface area (Å²) in [6, 6.07) is 5.94. The molecule has 0 amide bonds. The van der Waals surface area contributed by atoms with Gasteiger partial charge in [-0.25, -0.2) is 0 Å². The molecule has 0 aliphatic heterocycles. The molecule has 0 aliphatic carbocycles. The van der Waals surface area contributed by atoms with Crippen LogP contribution in [-0.4, -0.2) is 24.4 Å². The summed E-state index contributed by atoms with van der Waals surface area (Å²) in [5, 5.41) is 9.21. The molecule has 3 heteroatoms. The number of rotatable bonds is 4. The first-order valence-corrected chi connectivity index (χ1v) is 5.71. The fourth-order valence-electron chi connectivity index (χ4n) is 1.22. The number of hydrogen-bond acceptors (Lipinski definition) is 3. The lowest BCUT2D eigenvalue weighted by Gasteiger charge is -2.12. The first-order chi connectivity index (χ1) is 7.63. The monoisotopic (exact) mass is 225 g/mol. The summed E-state index contributed by atoms with van der Waals surface area (Å²) in [7, 11) is 0. The van der Waals surface area contributed by atoms with Crippen molar-refractivity contribution in [3.63, 3.8) is 0 Å². The van der Waals surface area contributed by atoms with Gasteiger partial charge in [-0.3, -0.25) is 0 Å². The average molecular weight is 225 g/mol. The van der Waals surface area contributed by atoms with Crippen molar-refractivity contribution in [2.45, 2.75) is 33.8 Å². The molecule has 1 rings (SSSR count). The number of ether oxygens (including phenoxy) is 1. The Bertz CT molecular complexity index is 300. The van der Waals surface area contributed by atoms with E-state index in [9.17, 15) is 5.11 Å². The topological polar surface area (TPSA) is 55.5 Å². The number of aliphatic hydroxyl groups is 1. The molecule has 0 aliphatic rings. The van der Waals surface area contributed by atoms with E-state index < -0.39 is 6.10 Å². The zero-order chi connectivity index (χ0) is 12.6. The van der Waals surface area contributed by atoms with Gasteiger partial charge in [-0.15, -0.1) is 0 Å². The Morgan fingerprint density at radius 2 is 1.94 bits per heavy atom. The summed E-state index contributed by atoms with van der Waals surface area (Å²) in [6.07, 6.45) is -0.587. The number of nitrogens with two attached hydrogens (primary N) is 1. The third kappa shape index (κ3) is 5.14. The van der Waals surface area contributed by atoms with Crippen LogP contribution in [0.5, 0.6) is 5.75 Å². The molecular weight excluding hydrogens is 202 g/mol. The van der Waals surface area contributed by atoms with Crippen molar-refractivity contribution >= 4 is 0 Å². The summed E-state index contributed by atoms with van der Waals surface area (Å²) in [5.74, 6) is 0.808. The van der Waals surface area contributed by atoms with Crippen LogP contribution in [0.1, 0.15) is 25.0 Å². The smallest absolute Gasteiger partial charge is 0.122 e. The molecule has 1 aromatic rings. The van der Waals surface area contributed by atoms with E-state index in [-0.39, 0.29) is 13.2 Å². The summed E-state index contributed by atoms with van der Waals surface area (Å²) in [5.41, 5.74) is 7.55. The van der Waals surface area contributed by atoms with E-state index in [2.05, 4.69) is 0 Å². The maximum atomic E-state index is 9.21. The van der Waals surface area contributed by atoms with E-state index in [1.807, 2.05) is 45.9 Å². The normalized spacial score (nSPS) is 11.4. The van der Waals surface area contributed by atoms with Gasteiger partial charge >= 0.3 is 0 Å². The number of hydrogen-bond donors (Lipinski definition) is 2. The summed E-state index contributed by atoms with van der Waals surface area (Å²) in [6.45, 7) is 8.49. The van der Waals surface area contributed by atoms with Crippen molar-refractivity contribution in [3.05, 3.63) is 29.3 Å². The van der Waals surface area contributed by atoms with Crippen LogP contribution in [-0.2, 0) is 0 Å². The molecule has 1 aromatic carbocycles. The van der Waals surface area contributed by atoms with Gasteiger partial charge in [0.1, 0.15) is 18.5 Å². The van der Waals surface area contributed by atoms with E-state index in [1.54, 1.807) is 0 Å². The minimum atomic E-state index is -0.587. The van der Waals surface area contributed by atoms with Crippen molar-refractivity contribution in [1.82, 2.24) is 0 Å². The lowest BCUT2D eigenvalue weighted by atomic mass is 10.1. The lowest BCUT2D eigenvalue weighted by molar-refractivity contribution is 0.114. The average Bonchev–Trinajstić information content (AvgIpc) is 2.30. The van der Waals surface area contributed by atoms with Crippen molar-refractivity contribution in [2.24, 2.45) is 5.73 Å². The Kier molecular flexibility index (Phi) is 7.60. The van der Waals surface area contributed by atoms with E-state index >= 15 is 0 Å². The van der Waals surface area contributed by atoms with Crippen LogP contribution in [0.4, 0.5) is 0 Å². The molecule has 1 unspecified atom stereocenters. The number of aryl methyl sites for hydroxylation is 2. The fourth-order valence-corrected chi connectivity index (χ4v) is 1.22. The van der Waals surface area contributed by atoms with Crippen LogP contribution in [0.3, 0.4) is 0 Å². The molecule has 1 atom stereocenters. The van der Waals surface area contributed by atoms with Crippen LogP contribution in [0.25, 0.3) is 0 Å². The van der Waals surface area contributed by atoms with E-state index in [0.717, 1.165) is 11.3 Å². The Morgan fingerprint density at radius 1 is 1.31 bits per heavy atom. The molecule has 0 saturated carbocycles. The number of benzene rings is 1. The largest absolute Gasteiger partial charge is 0.491 e. The maximum Gasteiger partial charge on any atom is 0.122 e. The summed E-state index contributed by atoms with van der Waals surface area (Å²) < 4.78 is 5.41. The molecule has 0 radical (unpaired) electrons. The third-order valence-corrected chi connectivity index (χ3v) is 2.03. The molecule has 0 aromatic heterocycles. The summed E-state index contributed by atoms with van der Waals surface area (Å²) in [4.78, 5) is 0. The Hall–Kier alpha value is -1.06. The number of aliphatic hydroxyl groups excluding tert-OH is 1. The summed E-state index contributed by atoms with van der Waals surface area (Å²) >= 11 is 0. The lowest BCUT2D eigenvalue weighted by Crippen LogP contribution is -2.26. The molecule has 92 valence electrons. The molecule has 3 N–H and O–H groups in total. The highest BCUT2D eigenvalue weighted by Crippen LogP contribution is 2.18. The van der Waals surface area contributed by atoms with E-state index in [1.165, 1.54) is 5.56 Å². The second-order valence-corrected chi connectivity index (χ2v) is 3.47. The molecule has 16 heavy (non-hydrogen) atoms. The fraction of sp³-hybridized carbons (Fsp3) is 0.538. The molecule has 0 spiro atoms. The molecule has 0 saturated heterocycles. The van der Waals surface area contributed by atoms with Gasteiger partial charge in [0, 0.05) is 6.54 Å². The third-order valence-electron chi connectivity index (χ3n) is 2.03. The Labute approximate surface area is 98.2 Å². The van der Waals surface area contributed by atoms with E-state index in [4.69, 9.17) is 10.5 Å². The van der Waals surface area contributed by atoms with Gasteiger partial charge in [0.05, 0.1) is 0 Å². The highest BCUT2D eigenvalue weighted by molar-refractivity contribution is 5.35. The van der Waals surface area contributed by atoms with Gasteiger partial charge < -0.3 is 15.6 Å². The van der Waals surface area contributed by atoms with Gasteiger partial charge in [-0.2, -0.15) is 0 Å². The quantitative estimate of drug-likeness (QED) is 0.824. The van der Waals surface area contributed by atoms with Gasteiger partial charge in [-0.05, 0) is 25.5 Å². The second kappa shape index (κ2) is 8.13. The van der Waals surface area contributed by atoms with Gasteiger partial charge in [0.2, 0.25) is 0 Å². The minimum absolute atomic E-state index is 0.227. The highest BCUT2D eigenvalue weighted by atomic mass is 16.5. The van der Waals surface area contributed by atoms with Crippen molar-refractivity contribution in [1.29, 1.82) is 0 Å². The first-order valence-electron chi connectivity index (χ1n) is 5.71. The van der Waals surface area contributed by atoms with E-state index in [0.29, 0.717) is 0 Å².